The normalized spacial score (nSPS) is 13.5. The van der Waals surface area contributed by atoms with Gasteiger partial charge in [0.25, 0.3) is 0 Å². The number of aliphatic hydroxyl groups excluding tert-OH is 1. The smallest absolute Gasteiger partial charge is 0.463 e. The maximum absolute atomic E-state index is 12.0. The summed E-state index contributed by atoms with van der Waals surface area (Å²) in [5.41, 5.74) is 0. The molecule has 0 saturated heterocycles. The highest BCUT2D eigenvalue weighted by Gasteiger charge is 2.23. The average molecular weight is 704 g/mol. The van der Waals surface area contributed by atoms with Crippen molar-refractivity contribution in [3.8, 4) is 0 Å². The quantitative estimate of drug-likeness (QED) is 0.0252. The Morgan fingerprint density at radius 1 is 0.625 bits per heavy atom. The summed E-state index contributed by atoms with van der Waals surface area (Å²) in [5, 5.41) is 12.6. The van der Waals surface area contributed by atoms with Gasteiger partial charge >= 0.3 is 13.8 Å². The summed E-state index contributed by atoms with van der Waals surface area (Å²) in [6, 6.07) is 0. The first kappa shape index (κ1) is 46.8. The van der Waals surface area contributed by atoms with E-state index in [2.05, 4.69) is 31.3 Å². The fraction of sp³-hybridized carbons (Fsp3) is 0.895. The summed E-state index contributed by atoms with van der Waals surface area (Å²) in [6.07, 6.45) is 34.2. The third-order valence-corrected chi connectivity index (χ3v) is 9.43. The van der Waals surface area contributed by atoms with Gasteiger partial charge in [0, 0.05) is 19.4 Å². The molecule has 0 bridgehead atoms. The molecule has 48 heavy (non-hydrogen) atoms. The van der Waals surface area contributed by atoms with Crippen molar-refractivity contribution >= 4 is 19.7 Å². The number of rotatable bonds is 37. The number of hydrogen-bond acceptors (Lipinski definition) is 7. The first-order valence-electron chi connectivity index (χ1n) is 19.7. The van der Waals surface area contributed by atoms with Crippen LogP contribution >= 0.6 is 7.82 Å². The molecule has 0 aliphatic carbocycles. The zero-order valence-corrected chi connectivity index (χ0v) is 31.8. The highest BCUT2D eigenvalue weighted by atomic mass is 31.2. The minimum atomic E-state index is -4.41. The van der Waals surface area contributed by atoms with Crippen molar-refractivity contribution in [3.05, 3.63) is 12.2 Å². The molecule has 9 nitrogen and oxygen atoms in total. The minimum absolute atomic E-state index is 0.0802. The number of carbonyl (C=O) groups excluding carboxylic acids is 2. The summed E-state index contributed by atoms with van der Waals surface area (Å²) >= 11 is 0. The standard InChI is InChI=1S/C38H74NO8P/c1-3-5-7-9-11-13-15-17-18-19-21-23-25-27-29-31-38(42)45-34-36(40)35-47-48(43,44)46-33-32-39-37(41)30-28-26-24-22-20-16-14-12-10-8-6-4-2/h12,14,36,40H,3-11,13,15-35H2,1-2H3,(H,39,41)(H,43,44)/b14-12-. The third kappa shape index (κ3) is 36.0. The van der Waals surface area contributed by atoms with Gasteiger partial charge in [-0.25, -0.2) is 4.57 Å². The Hall–Kier alpha value is -1.25. The molecule has 3 N–H and O–H groups in total. The van der Waals surface area contributed by atoms with Crippen LogP contribution in [0.1, 0.15) is 187 Å². The van der Waals surface area contributed by atoms with Crippen LogP contribution in [0.5, 0.6) is 0 Å². The van der Waals surface area contributed by atoms with Crippen molar-refractivity contribution in [1.82, 2.24) is 5.32 Å². The van der Waals surface area contributed by atoms with Crippen molar-refractivity contribution in [2.24, 2.45) is 0 Å². The number of phosphoric acid groups is 1. The molecule has 0 rings (SSSR count). The van der Waals surface area contributed by atoms with Gasteiger partial charge in [-0.2, -0.15) is 0 Å². The predicted octanol–water partition coefficient (Wildman–Crippen LogP) is 10.3. The Morgan fingerprint density at radius 2 is 1.06 bits per heavy atom. The molecule has 0 saturated carbocycles. The second-order valence-electron chi connectivity index (χ2n) is 13.3. The number of hydrogen-bond donors (Lipinski definition) is 3. The number of nitrogens with one attached hydrogen (secondary N) is 1. The molecule has 1 amide bonds. The lowest BCUT2D eigenvalue weighted by atomic mass is 10.0. The average Bonchev–Trinajstić information content (AvgIpc) is 3.07. The summed E-state index contributed by atoms with van der Waals surface area (Å²) in [5.74, 6) is -0.521. The maximum atomic E-state index is 12.0. The zero-order valence-electron chi connectivity index (χ0n) is 30.9. The van der Waals surface area contributed by atoms with E-state index in [9.17, 15) is 24.2 Å². The molecule has 284 valence electrons. The lowest BCUT2D eigenvalue weighted by molar-refractivity contribution is -0.147. The van der Waals surface area contributed by atoms with E-state index in [0.29, 0.717) is 6.42 Å². The van der Waals surface area contributed by atoms with E-state index in [1.165, 1.54) is 109 Å². The number of ether oxygens (including phenoxy) is 1. The molecule has 0 radical (unpaired) electrons. The highest BCUT2D eigenvalue weighted by molar-refractivity contribution is 7.47. The topological polar surface area (TPSA) is 131 Å². The van der Waals surface area contributed by atoms with Crippen LogP contribution in [0.15, 0.2) is 12.2 Å². The van der Waals surface area contributed by atoms with Crippen LogP contribution in [0, 0.1) is 0 Å². The molecule has 0 aromatic heterocycles. The first-order chi connectivity index (χ1) is 23.3. The molecular weight excluding hydrogens is 629 g/mol. The van der Waals surface area contributed by atoms with Crippen LogP contribution in [-0.2, 0) is 27.9 Å². The van der Waals surface area contributed by atoms with E-state index in [1.54, 1.807) is 0 Å². The van der Waals surface area contributed by atoms with E-state index in [1.807, 2.05) is 0 Å². The molecular formula is C38H74NO8P. The van der Waals surface area contributed by atoms with Crippen molar-refractivity contribution in [2.75, 3.05) is 26.4 Å². The molecule has 0 fully saturated rings. The Morgan fingerprint density at radius 3 is 1.60 bits per heavy atom. The van der Waals surface area contributed by atoms with Crippen molar-refractivity contribution in [2.45, 2.75) is 193 Å². The largest absolute Gasteiger partial charge is 0.472 e. The number of esters is 1. The summed E-state index contributed by atoms with van der Waals surface area (Å²) < 4.78 is 26.8. The van der Waals surface area contributed by atoms with E-state index >= 15 is 0 Å². The van der Waals surface area contributed by atoms with Crippen LogP contribution in [0.25, 0.3) is 0 Å². The molecule has 2 atom stereocenters. The number of aliphatic hydroxyl groups is 1. The number of amides is 1. The van der Waals surface area contributed by atoms with Crippen LogP contribution < -0.4 is 5.32 Å². The third-order valence-electron chi connectivity index (χ3n) is 8.45. The van der Waals surface area contributed by atoms with Crippen LogP contribution in [0.4, 0.5) is 0 Å². The number of phosphoric ester groups is 1. The van der Waals surface area contributed by atoms with Gasteiger partial charge < -0.3 is 20.1 Å². The van der Waals surface area contributed by atoms with Gasteiger partial charge in [0.15, 0.2) is 0 Å². The van der Waals surface area contributed by atoms with Crippen LogP contribution in [0.3, 0.4) is 0 Å². The van der Waals surface area contributed by atoms with E-state index in [4.69, 9.17) is 13.8 Å². The zero-order chi connectivity index (χ0) is 35.4. The first-order valence-corrected chi connectivity index (χ1v) is 21.2. The fourth-order valence-corrected chi connectivity index (χ4v) is 6.19. The Bertz CT molecular complexity index is 810. The predicted molar refractivity (Wildman–Crippen MR) is 197 cm³/mol. The molecule has 0 spiro atoms. The second-order valence-corrected chi connectivity index (χ2v) is 14.7. The number of unbranched alkanes of at least 4 members (excludes halogenated alkanes) is 22. The summed E-state index contributed by atoms with van der Waals surface area (Å²) in [4.78, 5) is 33.7. The number of carbonyl (C=O) groups is 2. The summed E-state index contributed by atoms with van der Waals surface area (Å²) in [7, 11) is -4.41. The van der Waals surface area contributed by atoms with Crippen molar-refractivity contribution < 1.29 is 37.9 Å². The van der Waals surface area contributed by atoms with Gasteiger partial charge in [0.1, 0.15) is 12.7 Å². The highest BCUT2D eigenvalue weighted by Crippen LogP contribution is 2.42. The maximum Gasteiger partial charge on any atom is 0.472 e. The fourth-order valence-electron chi connectivity index (χ4n) is 5.43. The Balaban J connectivity index is 3.60. The van der Waals surface area contributed by atoms with Crippen LogP contribution in [0.2, 0.25) is 0 Å². The second kappa shape index (κ2) is 35.6. The minimum Gasteiger partial charge on any atom is -0.463 e. The van der Waals surface area contributed by atoms with Crippen molar-refractivity contribution in [3.63, 3.8) is 0 Å². The Kier molecular flexibility index (Phi) is 34.6. The monoisotopic (exact) mass is 704 g/mol. The van der Waals surface area contributed by atoms with E-state index < -0.39 is 26.5 Å². The van der Waals surface area contributed by atoms with Gasteiger partial charge in [0.2, 0.25) is 5.91 Å². The molecule has 2 unspecified atom stereocenters. The van der Waals surface area contributed by atoms with E-state index in [0.717, 1.165) is 51.4 Å². The summed E-state index contributed by atoms with van der Waals surface area (Å²) in [6.45, 7) is 3.53. The van der Waals surface area contributed by atoms with Gasteiger partial charge in [-0.15, -0.1) is 0 Å². The van der Waals surface area contributed by atoms with Gasteiger partial charge in [-0.05, 0) is 38.5 Å². The van der Waals surface area contributed by atoms with Gasteiger partial charge in [-0.1, -0.05) is 148 Å². The molecule has 10 heteroatoms. The Labute approximate surface area is 294 Å². The molecule has 0 heterocycles. The van der Waals surface area contributed by atoms with Gasteiger partial charge in [0.05, 0.1) is 13.2 Å². The number of allylic oxidation sites excluding steroid dienone is 2. The SMILES string of the molecule is CCCCC/C=C\CCCCCCCC(=O)NCCOP(=O)(O)OCC(O)COC(=O)CCCCCCCCCCCCCCCCC. The molecule has 0 aliphatic rings. The van der Waals surface area contributed by atoms with E-state index in [-0.39, 0.29) is 32.1 Å². The molecule has 0 aliphatic heterocycles. The van der Waals surface area contributed by atoms with Gasteiger partial charge in [-0.3, -0.25) is 18.6 Å². The molecule has 0 aromatic rings. The molecule has 0 aromatic carbocycles. The lowest BCUT2D eigenvalue weighted by Crippen LogP contribution is -2.27. The lowest BCUT2D eigenvalue weighted by Gasteiger charge is -2.15. The van der Waals surface area contributed by atoms with Crippen LogP contribution in [-0.4, -0.2) is 54.3 Å². The van der Waals surface area contributed by atoms with Crippen molar-refractivity contribution in [1.29, 1.82) is 0 Å².